The number of aromatic nitrogens is 2. The van der Waals surface area contributed by atoms with Crippen molar-refractivity contribution in [3.05, 3.63) is 66.3 Å². The molecule has 0 radical (unpaired) electrons. The van der Waals surface area contributed by atoms with Gasteiger partial charge >= 0.3 is 0 Å². The highest BCUT2D eigenvalue weighted by Gasteiger charge is 2.43. The Kier molecular flexibility index (Phi) is 5.51. The number of nitrogens with one attached hydrogen (secondary N) is 1. The molecular weight excluding hydrogens is 364 g/mol. The number of carbonyl (C=O) groups excluding carboxylic acids is 2. The van der Waals surface area contributed by atoms with Gasteiger partial charge in [0.05, 0.1) is 23.9 Å². The molecule has 1 aromatic carbocycles. The lowest BCUT2D eigenvalue weighted by atomic mass is 9.72. The Labute approximate surface area is 171 Å². The lowest BCUT2D eigenvalue weighted by molar-refractivity contribution is -0.134. The minimum atomic E-state index is -0.621. The highest BCUT2D eigenvalue weighted by molar-refractivity contribution is 5.90. The van der Waals surface area contributed by atoms with Crippen LogP contribution < -0.4 is 5.32 Å². The Morgan fingerprint density at radius 2 is 1.90 bits per heavy atom. The van der Waals surface area contributed by atoms with Gasteiger partial charge in [-0.3, -0.25) is 9.59 Å². The molecule has 0 aliphatic carbocycles. The fourth-order valence-electron chi connectivity index (χ4n) is 4.60. The molecule has 0 saturated carbocycles. The molecule has 1 aromatic heterocycles. The minimum Gasteiger partial charge on any atom is -0.350 e. The van der Waals surface area contributed by atoms with Gasteiger partial charge in [-0.2, -0.15) is 0 Å². The summed E-state index contributed by atoms with van der Waals surface area (Å²) in [6.07, 6.45) is 7.79. The van der Waals surface area contributed by atoms with E-state index in [1.807, 2.05) is 36.5 Å². The van der Waals surface area contributed by atoms with Crippen LogP contribution in [0.5, 0.6) is 0 Å². The van der Waals surface area contributed by atoms with Gasteiger partial charge in [0.15, 0.2) is 0 Å². The normalized spacial score (nSPS) is 18.0. The van der Waals surface area contributed by atoms with Crippen molar-refractivity contribution in [2.45, 2.75) is 50.6 Å². The average molecular weight is 393 g/mol. The molecule has 152 valence electrons. The van der Waals surface area contributed by atoms with Gasteiger partial charge in [0.25, 0.3) is 0 Å². The second-order valence-electron chi connectivity index (χ2n) is 7.93. The van der Waals surface area contributed by atoms with E-state index in [0.29, 0.717) is 32.5 Å². The van der Waals surface area contributed by atoms with E-state index in [1.165, 1.54) is 12.5 Å². The number of rotatable bonds is 5. The predicted molar refractivity (Wildman–Crippen MR) is 111 cm³/mol. The van der Waals surface area contributed by atoms with Crippen molar-refractivity contribution >= 4 is 11.8 Å². The molecule has 6 nitrogen and oxygen atoms in total. The number of piperidine rings is 1. The molecule has 3 heterocycles. The van der Waals surface area contributed by atoms with Crippen LogP contribution in [-0.4, -0.2) is 39.4 Å². The third-order valence-electron chi connectivity index (χ3n) is 6.35. The molecule has 2 aliphatic heterocycles. The first-order valence-corrected chi connectivity index (χ1v) is 10.4. The van der Waals surface area contributed by atoms with Gasteiger partial charge in [0.1, 0.15) is 5.82 Å². The van der Waals surface area contributed by atoms with Crippen molar-refractivity contribution in [2.24, 2.45) is 0 Å². The van der Waals surface area contributed by atoms with Gasteiger partial charge in [-0.15, -0.1) is 0 Å². The summed E-state index contributed by atoms with van der Waals surface area (Å²) in [6.45, 7) is 6.14. The molecule has 2 aliphatic rings. The van der Waals surface area contributed by atoms with Crippen LogP contribution in [0.25, 0.3) is 0 Å². The first kappa shape index (κ1) is 19.4. The summed E-state index contributed by atoms with van der Waals surface area (Å²) in [5.74, 6) is 1.08. The zero-order valence-corrected chi connectivity index (χ0v) is 16.8. The van der Waals surface area contributed by atoms with Crippen molar-refractivity contribution in [1.29, 1.82) is 0 Å². The standard InChI is InChI=1S/C23H28N4O2/c1-2-21(28)26-14-11-23(12-15-26,18-8-4-3-5-9-18)22(29)25-17-19-16-24-20-10-6-7-13-27(19)20/h2-5,8-9,16H,1,6-7,10-15,17H2,(H,25,29). The molecule has 1 saturated heterocycles. The number of imidazole rings is 1. The van der Waals surface area contributed by atoms with Crippen molar-refractivity contribution in [2.75, 3.05) is 13.1 Å². The van der Waals surface area contributed by atoms with E-state index in [4.69, 9.17) is 0 Å². The molecule has 0 spiro atoms. The molecule has 2 aromatic rings. The van der Waals surface area contributed by atoms with Gasteiger partial charge in [0, 0.05) is 26.1 Å². The summed E-state index contributed by atoms with van der Waals surface area (Å²) < 4.78 is 2.24. The molecule has 0 bridgehead atoms. The molecule has 1 N–H and O–H groups in total. The van der Waals surface area contributed by atoms with E-state index < -0.39 is 5.41 Å². The summed E-state index contributed by atoms with van der Waals surface area (Å²) >= 11 is 0. The number of amides is 2. The van der Waals surface area contributed by atoms with Crippen molar-refractivity contribution in [3.8, 4) is 0 Å². The maximum atomic E-state index is 13.5. The number of nitrogens with zero attached hydrogens (tertiary/aromatic N) is 3. The van der Waals surface area contributed by atoms with Crippen molar-refractivity contribution in [3.63, 3.8) is 0 Å². The number of likely N-dealkylation sites (tertiary alicyclic amines) is 1. The smallest absolute Gasteiger partial charge is 0.245 e. The largest absolute Gasteiger partial charge is 0.350 e. The van der Waals surface area contributed by atoms with E-state index in [1.54, 1.807) is 4.90 Å². The summed E-state index contributed by atoms with van der Waals surface area (Å²) in [6, 6.07) is 9.94. The second kappa shape index (κ2) is 8.23. The molecule has 2 amide bonds. The highest BCUT2D eigenvalue weighted by atomic mass is 16.2. The summed E-state index contributed by atoms with van der Waals surface area (Å²) in [5, 5.41) is 3.18. The molecule has 4 rings (SSSR count). The first-order chi connectivity index (χ1) is 14.1. The van der Waals surface area contributed by atoms with E-state index in [-0.39, 0.29) is 11.8 Å². The van der Waals surface area contributed by atoms with E-state index in [9.17, 15) is 9.59 Å². The van der Waals surface area contributed by atoms with Crippen LogP contribution in [0.4, 0.5) is 0 Å². The Balaban J connectivity index is 1.52. The maximum Gasteiger partial charge on any atom is 0.245 e. The summed E-state index contributed by atoms with van der Waals surface area (Å²) in [7, 11) is 0. The molecule has 0 atom stereocenters. The van der Waals surface area contributed by atoms with Crippen LogP contribution in [0.2, 0.25) is 0 Å². The van der Waals surface area contributed by atoms with Gasteiger partial charge in [-0.1, -0.05) is 36.9 Å². The molecule has 29 heavy (non-hydrogen) atoms. The third-order valence-corrected chi connectivity index (χ3v) is 6.35. The van der Waals surface area contributed by atoms with Crippen LogP contribution in [-0.2, 0) is 34.5 Å². The molecule has 0 unspecified atom stereocenters. The summed E-state index contributed by atoms with van der Waals surface area (Å²) in [5.41, 5.74) is 1.46. The monoisotopic (exact) mass is 392 g/mol. The van der Waals surface area contributed by atoms with Crippen LogP contribution >= 0.6 is 0 Å². The van der Waals surface area contributed by atoms with Gasteiger partial charge < -0.3 is 14.8 Å². The Hall–Kier alpha value is -2.89. The number of carbonyl (C=O) groups is 2. The Morgan fingerprint density at radius 1 is 1.14 bits per heavy atom. The fraction of sp³-hybridized carbons (Fsp3) is 0.435. The number of hydrogen-bond acceptors (Lipinski definition) is 3. The molecular formula is C23H28N4O2. The zero-order valence-electron chi connectivity index (χ0n) is 16.8. The summed E-state index contributed by atoms with van der Waals surface area (Å²) in [4.78, 5) is 31.8. The highest BCUT2D eigenvalue weighted by Crippen LogP contribution is 2.36. The molecule has 1 fully saturated rings. The van der Waals surface area contributed by atoms with Crippen molar-refractivity contribution in [1.82, 2.24) is 19.8 Å². The van der Waals surface area contributed by atoms with Gasteiger partial charge in [0.2, 0.25) is 11.8 Å². The number of aryl methyl sites for hydroxylation is 1. The second-order valence-corrected chi connectivity index (χ2v) is 7.93. The lowest BCUT2D eigenvalue weighted by Gasteiger charge is -2.40. The Bertz CT molecular complexity index is 895. The van der Waals surface area contributed by atoms with Crippen molar-refractivity contribution < 1.29 is 9.59 Å². The number of fused-ring (bicyclic) bond motifs is 1. The van der Waals surface area contributed by atoms with Crippen LogP contribution in [0, 0.1) is 0 Å². The average Bonchev–Trinajstić information content (AvgIpc) is 3.20. The van der Waals surface area contributed by atoms with E-state index in [0.717, 1.165) is 36.5 Å². The third kappa shape index (κ3) is 3.71. The van der Waals surface area contributed by atoms with Gasteiger partial charge in [-0.25, -0.2) is 4.98 Å². The minimum absolute atomic E-state index is 0.0285. The SMILES string of the molecule is C=CC(=O)N1CCC(C(=O)NCc2cnc3n2CCCC3)(c2ccccc2)CC1. The maximum absolute atomic E-state index is 13.5. The van der Waals surface area contributed by atoms with E-state index in [2.05, 4.69) is 21.4 Å². The first-order valence-electron chi connectivity index (χ1n) is 10.4. The number of benzene rings is 1. The van der Waals surface area contributed by atoms with Crippen LogP contribution in [0.1, 0.15) is 42.8 Å². The van der Waals surface area contributed by atoms with Crippen LogP contribution in [0.15, 0.2) is 49.2 Å². The topological polar surface area (TPSA) is 67.2 Å². The lowest BCUT2D eigenvalue weighted by Crippen LogP contribution is -2.52. The zero-order chi connectivity index (χ0) is 20.3. The fourth-order valence-corrected chi connectivity index (χ4v) is 4.60. The molecule has 6 heteroatoms. The Morgan fingerprint density at radius 3 is 2.62 bits per heavy atom. The number of hydrogen-bond donors (Lipinski definition) is 1. The van der Waals surface area contributed by atoms with Gasteiger partial charge in [-0.05, 0) is 37.3 Å². The quantitative estimate of drug-likeness (QED) is 0.796. The van der Waals surface area contributed by atoms with Crippen LogP contribution in [0.3, 0.4) is 0 Å². The predicted octanol–water partition coefficient (Wildman–Crippen LogP) is 2.58. The van der Waals surface area contributed by atoms with E-state index >= 15 is 0 Å².